The van der Waals surface area contributed by atoms with Crippen molar-refractivity contribution < 1.29 is 32.3 Å². The summed E-state index contributed by atoms with van der Waals surface area (Å²) in [5.74, 6) is -3.34. The Morgan fingerprint density at radius 2 is 1.84 bits per heavy atom. The molecule has 0 saturated carbocycles. The number of carbonyl (C=O) groups excluding carboxylic acids is 1. The highest BCUT2D eigenvalue weighted by molar-refractivity contribution is 6.11. The van der Waals surface area contributed by atoms with Crippen LogP contribution in [-0.4, -0.2) is 28.1 Å². The Bertz CT molecular complexity index is 858. The fourth-order valence-corrected chi connectivity index (χ4v) is 2.73. The minimum absolute atomic E-state index is 0.0950. The van der Waals surface area contributed by atoms with Gasteiger partial charge in [-0.15, -0.1) is 0 Å². The van der Waals surface area contributed by atoms with Gasteiger partial charge in [-0.2, -0.15) is 17.6 Å². The van der Waals surface area contributed by atoms with Crippen LogP contribution in [0.1, 0.15) is 32.6 Å². The molecule has 10 heteroatoms. The number of carboxylic acid groups (broad SMARTS) is 1. The monoisotopic (exact) mass is 357 g/mol. The maximum absolute atomic E-state index is 13.9. The van der Waals surface area contributed by atoms with Gasteiger partial charge in [0.2, 0.25) is 0 Å². The van der Waals surface area contributed by atoms with Gasteiger partial charge in [0.15, 0.2) is 5.95 Å². The number of carboxylic acids is 1. The molecule has 2 heterocycles. The van der Waals surface area contributed by atoms with Crippen molar-refractivity contribution in [1.82, 2.24) is 4.57 Å². The summed E-state index contributed by atoms with van der Waals surface area (Å²) in [6, 6.07) is 4.42. The highest BCUT2D eigenvalue weighted by Gasteiger charge is 2.37. The van der Waals surface area contributed by atoms with E-state index < -0.39 is 47.0 Å². The molecule has 1 amide bonds. The standard InChI is InChI=1S/C15H11F4N3O3/c16-10-5-9(14(24)25)12-13(23)21(6-11(20)22(10)12)8-3-1-7(2-4-8)15(17,18)19/h1-5,11H,6,20H2,(H,24,25)/t11-/m1/s1. The number of carbonyl (C=O) groups is 2. The second-order valence-electron chi connectivity index (χ2n) is 5.43. The summed E-state index contributed by atoms with van der Waals surface area (Å²) < 4.78 is 52.6. The number of alkyl halides is 3. The number of nitrogens with two attached hydrogens (primary N) is 1. The van der Waals surface area contributed by atoms with Crippen LogP contribution in [0.3, 0.4) is 0 Å². The molecule has 0 saturated heterocycles. The molecular formula is C15H11F4N3O3. The fourth-order valence-electron chi connectivity index (χ4n) is 2.73. The molecular weight excluding hydrogens is 346 g/mol. The quantitative estimate of drug-likeness (QED) is 0.808. The van der Waals surface area contributed by atoms with Crippen LogP contribution in [0.5, 0.6) is 0 Å². The first-order valence-electron chi connectivity index (χ1n) is 7.00. The van der Waals surface area contributed by atoms with Crippen molar-refractivity contribution in [2.45, 2.75) is 12.3 Å². The zero-order valence-corrected chi connectivity index (χ0v) is 12.4. The molecule has 0 aliphatic carbocycles. The number of hydrogen-bond acceptors (Lipinski definition) is 3. The molecule has 25 heavy (non-hydrogen) atoms. The predicted molar refractivity (Wildman–Crippen MR) is 77.7 cm³/mol. The van der Waals surface area contributed by atoms with E-state index in [1.165, 1.54) is 0 Å². The average molecular weight is 357 g/mol. The molecule has 0 bridgehead atoms. The molecule has 3 rings (SSSR count). The number of benzene rings is 1. The van der Waals surface area contributed by atoms with Gasteiger partial charge in [-0.3, -0.25) is 9.36 Å². The van der Waals surface area contributed by atoms with E-state index in [4.69, 9.17) is 10.8 Å². The summed E-state index contributed by atoms with van der Waals surface area (Å²) in [6.45, 7) is -0.220. The number of hydrogen-bond donors (Lipinski definition) is 2. The third kappa shape index (κ3) is 2.74. The number of rotatable bonds is 2. The van der Waals surface area contributed by atoms with E-state index in [0.717, 1.165) is 33.7 Å². The maximum Gasteiger partial charge on any atom is 0.416 e. The van der Waals surface area contributed by atoms with Crippen LogP contribution < -0.4 is 10.6 Å². The molecule has 1 atom stereocenters. The molecule has 0 spiro atoms. The van der Waals surface area contributed by atoms with Gasteiger partial charge < -0.3 is 15.7 Å². The number of aromatic carboxylic acids is 1. The van der Waals surface area contributed by atoms with Gasteiger partial charge in [0, 0.05) is 11.8 Å². The number of amides is 1. The number of nitrogens with zero attached hydrogens (tertiary/aromatic N) is 2. The lowest BCUT2D eigenvalue weighted by Gasteiger charge is -2.33. The van der Waals surface area contributed by atoms with Gasteiger partial charge in [0.05, 0.1) is 17.7 Å². The highest BCUT2D eigenvalue weighted by atomic mass is 19.4. The Balaban J connectivity index is 2.04. The van der Waals surface area contributed by atoms with Crippen molar-refractivity contribution in [3.63, 3.8) is 0 Å². The van der Waals surface area contributed by atoms with Crippen LogP contribution in [-0.2, 0) is 6.18 Å². The van der Waals surface area contributed by atoms with Gasteiger partial charge >= 0.3 is 12.1 Å². The Labute approximate surface area is 138 Å². The molecule has 6 nitrogen and oxygen atoms in total. The summed E-state index contributed by atoms with van der Waals surface area (Å²) in [6.07, 6.45) is -5.61. The number of aromatic nitrogens is 1. The summed E-state index contributed by atoms with van der Waals surface area (Å²) in [5, 5.41) is 9.12. The van der Waals surface area contributed by atoms with Gasteiger partial charge in [-0.05, 0) is 24.3 Å². The van der Waals surface area contributed by atoms with E-state index in [2.05, 4.69) is 0 Å². The highest BCUT2D eigenvalue weighted by Crippen LogP contribution is 2.33. The lowest BCUT2D eigenvalue weighted by molar-refractivity contribution is -0.137. The van der Waals surface area contributed by atoms with Gasteiger partial charge in [0.25, 0.3) is 5.91 Å². The first-order chi connectivity index (χ1) is 11.6. The van der Waals surface area contributed by atoms with Crippen molar-refractivity contribution in [3.05, 3.63) is 53.1 Å². The zero-order valence-electron chi connectivity index (χ0n) is 12.4. The smallest absolute Gasteiger partial charge is 0.416 e. The normalized spacial score (nSPS) is 17.6. The first kappa shape index (κ1) is 17.0. The molecule has 1 aromatic heterocycles. The average Bonchev–Trinajstić information content (AvgIpc) is 2.89. The minimum atomic E-state index is -4.53. The molecule has 1 aliphatic rings. The van der Waals surface area contributed by atoms with Gasteiger partial charge in [-0.25, -0.2) is 4.79 Å². The van der Waals surface area contributed by atoms with Crippen LogP contribution in [0.2, 0.25) is 0 Å². The second-order valence-corrected chi connectivity index (χ2v) is 5.43. The SMILES string of the molecule is N[C@H]1CN(c2ccc(C(F)(F)F)cc2)C(=O)c2c(C(=O)O)cc(F)n21. The Hall–Kier alpha value is -2.88. The zero-order chi connectivity index (χ0) is 18.5. The van der Waals surface area contributed by atoms with E-state index in [9.17, 15) is 27.2 Å². The second kappa shape index (κ2) is 5.59. The van der Waals surface area contributed by atoms with Crippen molar-refractivity contribution in [1.29, 1.82) is 0 Å². The molecule has 0 unspecified atom stereocenters. The largest absolute Gasteiger partial charge is 0.478 e. The van der Waals surface area contributed by atoms with Crippen molar-refractivity contribution in [3.8, 4) is 0 Å². The number of halogens is 4. The topological polar surface area (TPSA) is 88.6 Å². The maximum atomic E-state index is 13.9. The van der Waals surface area contributed by atoms with E-state index in [-0.39, 0.29) is 12.2 Å². The Kier molecular flexibility index (Phi) is 3.79. The lowest BCUT2D eigenvalue weighted by atomic mass is 10.1. The molecule has 0 radical (unpaired) electrons. The van der Waals surface area contributed by atoms with E-state index >= 15 is 0 Å². The summed E-state index contributed by atoms with van der Waals surface area (Å²) in [5.41, 5.74) is 3.99. The van der Waals surface area contributed by atoms with Crippen molar-refractivity contribution in [2.24, 2.45) is 5.73 Å². The van der Waals surface area contributed by atoms with E-state index in [1.54, 1.807) is 0 Å². The lowest BCUT2D eigenvalue weighted by Crippen LogP contribution is -2.47. The molecule has 3 N–H and O–H groups in total. The minimum Gasteiger partial charge on any atom is -0.478 e. The van der Waals surface area contributed by atoms with Crippen LogP contribution in [0.4, 0.5) is 23.2 Å². The Morgan fingerprint density at radius 3 is 2.36 bits per heavy atom. The molecule has 0 fully saturated rings. The summed E-state index contributed by atoms with van der Waals surface area (Å²) in [4.78, 5) is 24.8. The van der Waals surface area contributed by atoms with E-state index in [1.807, 2.05) is 0 Å². The van der Waals surface area contributed by atoms with Crippen molar-refractivity contribution in [2.75, 3.05) is 11.4 Å². The summed E-state index contributed by atoms with van der Waals surface area (Å²) >= 11 is 0. The molecule has 1 aromatic carbocycles. The van der Waals surface area contributed by atoms with Crippen molar-refractivity contribution >= 4 is 17.6 Å². The predicted octanol–water partition coefficient (Wildman–Crippen LogP) is 2.46. The molecule has 2 aromatic rings. The first-order valence-corrected chi connectivity index (χ1v) is 7.00. The van der Waals surface area contributed by atoms with Gasteiger partial charge in [-0.1, -0.05) is 0 Å². The fraction of sp³-hybridized carbons (Fsp3) is 0.200. The summed E-state index contributed by atoms with van der Waals surface area (Å²) in [7, 11) is 0. The van der Waals surface area contributed by atoms with Crippen LogP contribution in [0, 0.1) is 5.95 Å². The third-order valence-corrected chi connectivity index (χ3v) is 3.88. The van der Waals surface area contributed by atoms with Crippen LogP contribution in [0.15, 0.2) is 30.3 Å². The Morgan fingerprint density at radius 1 is 1.24 bits per heavy atom. The van der Waals surface area contributed by atoms with Crippen LogP contribution in [0.25, 0.3) is 0 Å². The number of fused-ring (bicyclic) bond motifs is 1. The third-order valence-electron chi connectivity index (χ3n) is 3.88. The molecule has 132 valence electrons. The van der Waals surface area contributed by atoms with Gasteiger partial charge in [0.1, 0.15) is 11.9 Å². The van der Waals surface area contributed by atoms with Crippen LogP contribution >= 0.6 is 0 Å². The van der Waals surface area contributed by atoms with E-state index in [0.29, 0.717) is 6.07 Å². The number of anilines is 1. The molecule has 1 aliphatic heterocycles.